The maximum Gasteiger partial charge on any atom is 0.176 e. The van der Waals surface area contributed by atoms with Gasteiger partial charge < -0.3 is 19.4 Å². The number of fused-ring (bicyclic) bond motifs is 1. The number of hydrogen-bond donors (Lipinski definition) is 1. The van der Waals surface area contributed by atoms with Crippen LogP contribution in [0.15, 0.2) is 28.7 Å². The molecule has 0 spiro atoms. The molecule has 5 nitrogen and oxygen atoms in total. The Bertz CT molecular complexity index is 674. The van der Waals surface area contributed by atoms with Gasteiger partial charge in [0.1, 0.15) is 11.5 Å². The molecule has 0 aliphatic carbocycles. The number of benzene rings is 1. The molecule has 1 aromatic carbocycles. The average molecular weight is 316 g/mol. The van der Waals surface area contributed by atoms with Crippen LogP contribution in [-0.4, -0.2) is 50.5 Å². The number of furan rings is 1. The summed E-state index contributed by atoms with van der Waals surface area (Å²) >= 11 is 0. The van der Waals surface area contributed by atoms with Crippen LogP contribution < -0.4 is 10.1 Å². The van der Waals surface area contributed by atoms with Crippen LogP contribution in [0.2, 0.25) is 0 Å². The molecular weight excluding hydrogens is 292 g/mol. The molecule has 2 heterocycles. The van der Waals surface area contributed by atoms with Crippen molar-refractivity contribution in [1.29, 1.82) is 0 Å². The molecule has 0 radical (unpaired) electrons. The van der Waals surface area contributed by atoms with Crippen LogP contribution in [0.3, 0.4) is 0 Å². The lowest BCUT2D eigenvalue weighted by atomic mass is 10.0. The van der Waals surface area contributed by atoms with Crippen LogP contribution in [0.25, 0.3) is 11.0 Å². The SMILES string of the molecule is COc1cccc2cc(CC(=O)C(C)CN3CCNCC3)oc12. The first-order valence-corrected chi connectivity index (χ1v) is 8.18. The fraction of sp³-hybridized carbons (Fsp3) is 0.500. The average Bonchev–Trinajstić information content (AvgIpc) is 2.98. The Morgan fingerprint density at radius 3 is 2.91 bits per heavy atom. The van der Waals surface area contributed by atoms with E-state index in [1.807, 2.05) is 31.2 Å². The van der Waals surface area contributed by atoms with Crippen molar-refractivity contribution in [3.05, 3.63) is 30.0 Å². The van der Waals surface area contributed by atoms with Gasteiger partial charge in [-0.15, -0.1) is 0 Å². The third-order valence-corrected chi connectivity index (χ3v) is 4.42. The Balaban J connectivity index is 1.65. The summed E-state index contributed by atoms with van der Waals surface area (Å²) in [6.45, 7) is 6.87. The fourth-order valence-electron chi connectivity index (χ4n) is 3.07. The van der Waals surface area contributed by atoms with Crippen molar-refractivity contribution in [3.63, 3.8) is 0 Å². The van der Waals surface area contributed by atoms with Crippen molar-refractivity contribution in [2.75, 3.05) is 39.8 Å². The standard InChI is InChI=1S/C18H24N2O3/c1-13(12-20-8-6-19-7-9-20)16(21)11-15-10-14-4-3-5-17(22-2)18(14)23-15/h3-5,10,13,19H,6-9,11-12H2,1-2H3. The summed E-state index contributed by atoms with van der Waals surface area (Å²) in [7, 11) is 1.62. The third-order valence-electron chi connectivity index (χ3n) is 4.42. The first-order chi connectivity index (χ1) is 11.2. The Labute approximate surface area is 136 Å². The summed E-state index contributed by atoms with van der Waals surface area (Å²) < 4.78 is 11.1. The number of Topliss-reactive ketones (excluding diaryl/α,β-unsaturated/α-hetero) is 1. The molecule has 0 amide bonds. The molecule has 0 saturated carbocycles. The van der Waals surface area contributed by atoms with Crippen molar-refractivity contribution in [2.24, 2.45) is 5.92 Å². The largest absolute Gasteiger partial charge is 0.493 e. The second kappa shape index (κ2) is 7.15. The van der Waals surface area contributed by atoms with Crippen LogP contribution >= 0.6 is 0 Å². The van der Waals surface area contributed by atoms with Gasteiger partial charge in [-0.05, 0) is 12.1 Å². The van der Waals surface area contributed by atoms with E-state index >= 15 is 0 Å². The second-order valence-corrected chi connectivity index (χ2v) is 6.19. The molecule has 1 saturated heterocycles. The van der Waals surface area contributed by atoms with Crippen molar-refractivity contribution in [1.82, 2.24) is 10.2 Å². The van der Waals surface area contributed by atoms with Gasteiger partial charge in [-0.25, -0.2) is 0 Å². The van der Waals surface area contributed by atoms with Crippen LogP contribution in [0.1, 0.15) is 12.7 Å². The number of hydrogen-bond acceptors (Lipinski definition) is 5. The number of para-hydroxylation sites is 1. The smallest absolute Gasteiger partial charge is 0.176 e. The van der Waals surface area contributed by atoms with Crippen molar-refractivity contribution in [3.8, 4) is 5.75 Å². The third kappa shape index (κ3) is 3.74. The van der Waals surface area contributed by atoms with Crippen LogP contribution in [0.4, 0.5) is 0 Å². The minimum Gasteiger partial charge on any atom is -0.493 e. The number of carbonyl (C=O) groups is 1. The number of carbonyl (C=O) groups excluding carboxylic acids is 1. The molecule has 2 aromatic rings. The second-order valence-electron chi connectivity index (χ2n) is 6.19. The maximum absolute atomic E-state index is 12.5. The van der Waals surface area contributed by atoms with Gasteiger partial charge in [-0.3, -0.25) is 4.79 Å². The highest BCUT2D eigenvalue weighted by molar-refractivity contribution is 5.87. The first-order valence-electron chi connectivity index (χ1n) is 8.18. The first kappa shape index (κ1) is 16.0. The molecule has 5 heteroatoms. The molecule has 0 bridgehead atoms. The Kier molecular flexibility index (Phi) is 4.98. The van der Waals surface area contributed by atoms with Crippen LogP contribution in [0.5, 0.6) is 5.75 Å². The van der Waals surface area contributed by atoms with Crippen molar-refractivity contribution >= 4 is 16.8 Å². The minimum absolute atomic E-state index is 0.0169. The van der Waals surface area contributed by atoms with E-state index in [1.54, 1.807) is 7.11 Å². The number of ether oxygens (including phenoxy) is 1. The van der Waals surface area contributed by atoms with Gasteiger partial charge >= 0.3 is 0 Å². The van der Waals surface area contributed by atoms with Crippen molar-refractivity contribution < 1.29 is 13.9 Å². The highest BCUT2D eigenvalue weighted by Gasteiger charge is 2.20. The molecule has 1 aliphatic rings. The summed E-state index contributed by atoms with van der Waals surface area (Å²) in [6.07, 6.45) is 0.338. The number of ketones is 1. The van der Waals surface area contributed by atoms with Crippen molar-refractivity contribution in [2.45, 2.75) is 13.3 Å². The molecule has 1 atom stereocenters. The summed E-state index contributed by atoms with van der Waals surface area (Å²) in [6, 6.07) is 7.70. The van der Waals surface area contributed by atoms with Gasteiger partial charge in [-0.2, -0.15) is 0 Å². The quantitative estimate of drug-likeness (QED) is 0.884. The molecule has 1 aliphatic heterocycles. The number of nitrogens with one attached hydrogen (secondary N) is 1. The predicted octanol–water partition coefficient (Wildman–Crippen LogP) is 2.09. The van der Waals surface area contributed by atoms with E-state index in [0.717, 1.165) is 38.1 Å². The van der Waals surface area contributed by atoms with Gasteiger partial charge in [0.2, 0.25) is 0 Å². The molecule has 23 heavy (non-hydrogen) atoms. The number of methoxy groups -OCH3 is 1. The predicted molar refractivity (Wildman–Crippen MR) is 90.0 cm³/mol. The zero-order valence-electron chi connectivity index (χ0n) is 13.8. The highest BCUT2D eigenvalue weighted by Crippen LogP contribution is 2.28. The summed E-state index contributed by atoms with van der Waals surface area (Å²) in [5, 5.41) is 4.30. The van der Waals surface area contributed by atoms with E-state index in [9.17, 15) is 4.79 Å². The monoisotopic (exact) mass is 316 g/mol. The lowest BCUT2D eigenvalue weighted by Gasteiger charge is -2.29. The molecule has 1 aromatic heterocycles. The molecule has 3 rings (SSSR count). The number of piperazine rings is 1. The van der Waals surface area contributed by atoms with Gasteiger partial charge in [0.05, 0.1) is 13.5 Å². The number of nitrogens with zero attached hydrogens (tertiary/aromatic N) is 1. The van der Waals surface area contributed by atoms with E-state index < -0.39 is 0 Å². The van der Waals surface area contributed by atoms with Crippen LogP contribution in [-0.2, 0) is 11.2 Å². The van der Waals surface area contributed by atoms with Gasteiger partial charge in [0.15, 0.2) is 11.3 Å². The summed E-state index contributed by atoms with van der Waals surface area (Å²) in [4.78, 5) is 14.8. The highest BCUT2D eigenvalue weighted by atomic mass is 16.5. The van der Waals surface area contributed by atoms with E-state index in [2.05, 4.69) is 10.2 Å². The lowest BCUT2D eigenvalue weighted by molar-refractivity contribution is -0.122. The Morgan fingerprint density at radius 1 is 1.39 bits per heavy atom. The van der Waals surface area contributed by atoms with E-state index in [4.69, 9.17) is 9.15 Å². The fourth-order valence-corrected chi connectivity index (χ4v) is 3.07. The van der Waals surface area contributed by atoms with Gasteiger partial charge in [0.25, 0.3) is 0 Å². The van der Waals surface area contributed by atoms with Gasteiger partial charge in [0, 0.05) is 44.0 Å². The minimum atomic E-state index is 0.0169. The zero-order valence-corrected chi connectivity index (χ0v) is 13.8. The molecular formula is C18H24N2O3. The molecule has 1 N–H and O–H groups in total. The molecule has 1 unspecified atom stereocenters. The van der Waals surface area contributed by atoms with Crippen LogP contribution in [0, 0.1) is 5.92 Å². The summed E-state index contributed by atoms with van der Waals surface area (Å²) in [5.74, 6) is 1.65. The zero-order chi connectivity index (χ0) is 16.2. The van der Waals surface area contributed by atoms with E-state index in [0.29, 0.717) is 23.5 Å². The van der Waals surface area contributed by atoms with Gasteiger partial charge in [-0.1, -0.05) is 19.1 Å². The lowest BCUT2D eigenvalue weighted by Crippen LogP contribution is -2.45. The van der Waals surface area contributed by atoms with E-state index in [-0.39, 0.29) is 11.7 Å². The Hall–Kier alpha value is -1.85. The number of rotatable bonds is 6. The molecule has 1 fully saturated rings. The Morgan fingerprint density at radius 2 is 2.17 bits per heavy atom. The summed E-state index contributed by atoms with van der Waals surface area (Å²) in [5.41, 5.74) is 0.715. The maximum atomic E-state index is 12.5. The van der Waals surface area contributed by atoms with E-state index in [1.165, 1.54) is 0 Å². The topological polar surface area (TPSA) is 54.7 Å². The molecule has 124 valence electrons. The normalized spacial score (nSPS) is 17.3.